The van der Waals surface area contributed by atoms with Gasteiger partial charge in [-0.15, -0.1) is 16.8 Å². The second-order valence-corrected chi connectivity index (χ2v) is 8.36. The van der Waals surface area contributed by atoms with Gasteiger partial charge in [-0.25, -0.2) is 4.99 Å². The summed E-state index contributed by atoms with van der Waals surface area (Å²) in [6.45, 7) is 8.76. The molecule has 3 atom stereocenters. The van der Waals surface area contributed by atoms with Gasteiger partial charge in [-0.2, -0.15) is 0 Å². The molecule has 0 amide bonds. The molecule has 0 saturated heterocycles. The summed E-state index contributed by atoms with van der Waals surface area (Å²) in [4.78, 5) is 4.64. The quantitative estimate of drug-likeness (QED) is 0.433. The van der Waals surface area contributed by atoms with E-state index in [1.54, 1.807) is 6.08 Å². The van der Waals surface area contributed by atoms with Crippen molar-refractivity contribution in [3.63, 3.8) is 0 Å². The molecule has 0 radical (unpaired) electrons. The van der Waals surface area contributed by atoms with Crippen molar-refractivity contribution in [2.24, 2.45) is 12.0 Å². The molecule has 2 N–H and O–H groups in total. The SMILES string of the molecule is C=CCNC(=NCc1nnc(C)n1C)NC1CCCC(S(=O)CC)C1. The van der Waals surface area contributed by atoms with Crippen molar-refractivity contribution in [1.82, 2.24) is 25.4 Å². The minimum Gasteiger partial charge on any atom is -0.354 e. The average molecular weight is 367 g/mol. The first-order valence-electron chi connectivity index (χ1n) is 8.92. The summed E-state index contributed by atoms with van der Waals surface area (Å²) in [5.41, 5.74) is 0. The Morgan fingerprint density at radius 1 is 1.48 bits per heavy atom. The molecule has 1 heterocycles. The average Bonchev–Trinajstić information content (AvgIpc) is 2.95. The van der Waals surface area contributed by atoms with Gasteiger partial charge in [-0.3, -0.25) is 4.21 Å². The molecule has 1 aromatic heterocycles. The van der Waals surface area contributed by atoms with Crippen molar-refractivity contribution in [2.75, 3.05) is 12.3 Å². The topological polar surface area (TPSA) is 84.2 Å². The van der Waals surface area contributed by atoms with E-state index in [4.69, 9.17) is 0 Å². The zero-order valence-electron chi connectivity index (χ0n) is 15.5. The highest BCUT2D eigenvalue weighted by Gasteiger charge is 2.26. The summed E-state index contributed by atoms with van der Waals surface area (Å²) in [5, 5.41) is 15.3. The fourth-order valence-electron chi connectivity index (χ4n) is 3.00. The van der Waals surface area contributed by atoms with Crippen molar-refractivity contribution in [3.05, 3.63) is 24.3 Å². The molecule has 0 spiro atoms. The van der Waals surface area contributed by atoms with Gasteiger partial charge in [-0.1, -0.05) is 19.4 Å². The smallest absolute Gasteiger partial charge is 0.192 e. The molecular weight excluding hydrogens is 336 g/mol. The van der Waals surface area contributed by atoms with E-state index in [1.165, 1.54) is 0 Å². The summed E-state index contributed by atoms with van der Waals surface area (Å²) < 4.78 is 14.1. The lowest BCUT2D eigenvalue weighted by molar-refractivity contribution is 0.413. The molecular formula is C17H30N6OS. The maximum Gasteiger partial charge on any atom is 0.192 e. The Hall–Kier alpha value is -1.70. The standard InChI is InChI=1S/C17H30N6OS/c1-5-10-18-17(19-12-16-22-21-13(3)23(16)4)20-14-8-7-9-15(11-14)25(24)6-2/h5,14-15H,1,6-12H2,2-4H3,(H2,18,19,20). The van der Waals surface area contributed by atoms with Crippen molar-refractivity contribution >= 4 is 16.8 Å². The zero-order chi connectivity index (χ0) is 18.2. The number of aromatic nitrogens is 3. The fraction of sp³-hybridized carbons (Fsp3) is 0.706. The lowest BCUT2D eigenvalue weighted by Gasteiger charge is -2.30. The second kappa shape index (κ2) is 9.70. The molecule has 0 aromatic carbocycles. The first-order valence-corrected chi connectivity index (χ1v) is 10.3. The number of rotatable bonds is 7. The highest BCUT2D eigenvalue weighted by atomic mass is 32.2. The number of nitrogens with zero attached hydrogens (tertiary/aromatic N) is 4. The van der Waals surface area contributed by atoms with E-state index in [9.17, 15) is 4.21 Å². The van der Waals surface area contributed by atoms with Crippen LogP contribution in [0.2, 0.25) is 0 Å². The zero-order valence-corrected chi connectivity index (χ0v) is 16.3. The molecule has 1 fully saturated rings. The van der Waals surface area contributed by atoms with Crippen molar-refractivity contribution in [1.29, 1.82) is 0 Å². The normalized spacial score (nSPS) is 22.4. The molecule has 1 saturated carbocycles. The van der Waals surface area contributed by atoms with Crippen molar-refractivity contribution in [2.45, 2.75) is 57.4 Å². The Labute approximate surface area is 152 Å². The van der Waals surface area contributed by atoms with E-state index < -0.39 is 10.8 Å². The molecule has 2 rings (SSSR count). The van der Waals surface area contributed by atoms with Crippen LogP contribution in [0.4, 0.5) is 0 Å². The van der Waals surface area contributed by atoms with E-state index >= 15 is 0 Å². The molecule has 8 heteroatoms. The molecule has 3 unspecified atom stereocenters. The summed E-state index contributed by atoms with van der Waals surface area (Å²) in [7, 11) is 1.21. The first-order chi connectivity index (χ1) is 12.0. The van der Waals surface area contributed by atoms with Gasteiger partial charge >= 0.3 is 0 Å². The Morgan fingerprint density at radius 3 is 2.92 bits per heavy atom. The number of hydrogen-bond donors (Lipinski definition) is 2. The van der Waals surface area contributed by atoms with Crippen LogP contribution in [0, 0.1) is 6.92 Å². The van der Waals surface area contributed by atoms with Gasteiger partial charge in [0.15, 0.2) is 11.8 Å². The number of nitrogens with one attached hydrogen (secondary N) is 2. The number of aliphatic imine (C=N–C) groups is 1. The highest BCUT2D eigenvalue weighted by molar-refractivity contribution is 7.85. The Kier molecular flexibility index (Phi) is 7.61. The largest absolute Gasteiger partial charge is 0.354 e. The van der Waals surface area contributed by atoms with Gasteiger partial charge in [0.05, 0.1) is 0 Å². The third-order valence-corrected chi connectivity index (χ3v) is 6.34. The molecule has 1 aliphatic carbocycles. The van der Waals surface area contributed by atoms with Crippen LogP contribution in [0.15, 0.2) is 17.6 Å². The number of hydrogen-bond acceptors (Lipinski definition) is 4. The predicted octanol–water partition coefficient (Wildman–Crippen LogP) is 1.42. The fourth-order valence-corrected chi connectivity index (χ4v) is 4.35. The van der Waals surface area contributed by atoms with E-state index in [1.807, 2.05) is 25.5 Å². The van der Waals surface area contributed by atoms with Crippen molar-refractivity contribution < 1.29 is 4.21 Å². The third-order valence-electron chi connectivity index (χ3n) is 4.60. The third kappa shape index (κ3) is 5.66. The van der Waals surface area contributed by atoms with Crippen molar-refractivity contribution in [3.8, 4) is 0 Å². The lowest BCUT2D eigenvalue weighted by atomic mass is 9.95. The van der Waals surface area contributed by atoms with Crippen LogP contribution in [-0.2, 0) is 24.4 Å². The van der Waals surface area contributed by atoms with E-state index in [2.05, 4.69) is 32.4 Å². The minimum atomic E-state index is -0.726. The van der Waals surface area contributed by atoms with Crippen LogP contribution in [0.1, 0.15) is 44.3 Å². The maximum atomic E-state index is 12.1. The number of aryl methyl sites for hydroxylation is 1. The summed E-state index contributed by atoms with van der Waals surface area (Å²) in [6, 6.07) is 0.298. The molecule has 25 heavy (non-hydrogen) atoms. The van der Waals surface area contributed by atoms with Gasteiger partial charge < -0.3 is 15.2 Å². The van der Waals surface area contributed by atoms with Crippen LogP contribution in [0.25, 0.3) is 0 Å². The van der Waals surface area contributed by atoms with Crippen LogP contribution < -0.4 is 10.6 Å². The van der Waals surface area contributed by atoms with Crippen LogP contribution in [-0.4, -0.2) is 48.5 Å². The number of guanidine groups is 1. The first kappa shape index (κ1) is 19.6. The molecule has 140 valence electrons. The second-order valence-electron chi connectivity index (χ2n) is 6.36. The Balaban J connectivity index is 2.01. The maximum absolute atomic E-state index is 12.1. The van der Waals surface area contributed by atoms with Crippen LogP contribution in [0.3, 0.4) is 0 Å². The monoisotopic (exact) mass is 366 g/mol. The van der Waals surface area contributed by atoms with Gasteiger partial charge in [0.25, 0.3) is 0 Å². The Bertz CT molecular complexity index is 627. The van der Waals surface area contributed by atoms with Crippen LogP contribution >= 0.6 is 0 Å². The predicted molar refractivity (Wildman–Crippen MR) is 103 cm³/mol. The van der Waals surface area contributed by atoms with E-state index in [0.29, 0.717) is 24.4 Å². The van der Waals surface area contributed by atoms with Gasteiger partial charge in [0.2, 0.25) is 0 Å². The summed E-state index contributed by atoms with van der Waals surface area (Å²) in [5.74, 6) is 3.17. The van der Waals surface area contributed by atoms with Gasteiger partial charge in [-0.05, 0) is 26.2 Å². The van der Waals surface area contributed by atoms with Gasteiger partial charge in [0, 0.05) is 41.4 Å². The summed E-state index contributed by atoms with van der Waals surface area (Å²) in [6.07, 6.45) is 5.97. The molecule has 0 bridgehead atoms. The molecule has 1 aromatic rings. The van der Waals surface area contributed by atoms with E-state index in [0.717, 1.165) is 49.0 Å². The molecule has 0 aliphatic heterocycles. The lowest BCUT2D eigenvalue weighted by Crippen LogP contribution is -2.46. The van der Waals surface area contributed by atoms with E-state index in [-0.39, 0.29) is 0 Å². The molecule has 1 aliphatic rings. The highest BCUT2D eigenvalue weighted by Crippen LogP contribution is 2.23. The van der Waals surface area contributed by atoms with Crippen LogP contribution in [0.5, 0.6) is 0 Å². The summed E-state index contributed by atoms with van der Waals surface area (Å²) >= 11 is 0. The molecule has 7 nitrogen and oxygen atoms in total. The Morgan fingerprint density at radius 2 is 2.28 bits per heavy atom. The van der Waals surface area contributed by atoms with Gasteiger partial charge in [0.1, 0.15) is 12.4 Å². The minimum absolute atomic E-state index is 0.290.